The normalized spacial score (nSPS) is 10.0. The van der Waals surface area contributed by atoms with Gasteiger partial charge in [-0.3, -0.25) is 0 Å². The zero-order chi connectivity index (χ0) is 4.99. The molecule has 1 radical (unpaired) electrons. The van der Waals surface area contributed by atoms with E-state index >= 15 is 0 Å². The van der Waals surface area contributed by atoms with E-state index in [1.165, 1.54) is 0 Å². The summed E-state index contributed by atoms with van der Waals surface area (Å²) in [5.74, 6) is 0. The minimum absolute atomic E-state index is 0.149. The Labute approximate surface area is 36.9 Å². The Morgan fingerprint density at radius 2 is 1.67 bits per heavy atom. The highest BCUT2D eigenvalue weighted by atomic mass is 16.3. The SMILES string of the molecule is NCC([O])CN. The first-order chi connectivity index (χ1) is 2.81. The smallest absolute Gasteiger partial charge is 0.117 e. The molecule has 0 saturated heterocycles. The second-order valence-electron chi connectivity index (χ2n) is 1.09. The van der Waals surface area contributed by atoms with Crippen LogP contribution in [0.25, 0.3) is 0 Å². The molecule has 0 atom stereocenters. The van der Waals surface area contributed by atoms with Crippen LogP contribution in [0.4, 0.5) is 0 Å². The fourth-order valence-corrected chi connectivity index (χ4v) is 0.0962. The lowest BCUT2D eigenvalue weighted by atomic mass is 10.4. The molecule has 37 valence electrons. The van der Waals surface area contributed by atoms with Crippen LogP contribution >= 0.6 is 0 Å². The second kappa shape index (κ2) is 3.08. The first-order valence-corrected chi connectivity index (χ1v) is 1.87. The summed E-state index contributed by atoms with van der Waals surface area (Å²) in [6.07, 6.45) is -0.759. The highest BCUT2D eigenvalue weighted by Crippen LogP contribution is 1.68. The molecule has 0 aliphatic rings. The monoisotopic (exact) mass is 89.1 g/mol. The lowest BCUT2D eigenvalue weighted by molar-refractivity contribution is 0.104. The van der Waals surface area contributed by atoms with Crippen molar-refractivity contribution in [3.63, 3.8) is 0 Å². The summed E-state index contributed by atoms with van der Waals surface area (Å²) in [5, 5.41) is 10.0. The zero-order valence-electron chi connectivity index (χ0n) is 3.55. The van der Waals surface area contributed by atoms with Crippen LogP contribution < -0.4 is 11.5 Å². The largest absolute Gasteiger partial charge is 0.328 e. The molecule has 3 heteroatoms. The third-order valence-electron chi connectivity index (χ3n) is 0.526. The summed E-state index contributed by atoms with van der Waals surface area (Å²) >= 11 is 0. The van der Waals surface area contributed by atoms with E-state index in [0.29, 0.717) is 0 Å². The van der Waals surface area contributed by atoms with E-state index in [1.807, 2.05) is 0 Å². The van der Waals surface area contributed by atoms with Gasteiger partial charge in [0, 0.05) is 13.1 Å². The summed E-state index contributed by atoms with van der Waals surface area (Å²) in [6.45, 7) is 0.299. The Morgan fingerprint density at radius 3 is 1.67 bits per heavy atom. The van der Waals surface area contributed by atoms with Crippen LogP contribution in [0.5, 0.6) is 0 Å². The predicted molar refractivity (Wildman–Crippen MR) is 22.6 cm³/mol. The van der Waals surface area contributed by atoms with Gasteiger partial charge in [0.1, 0.15) is 6.10 Å². The molecule has 0 aromatic heterocycles. The third-order valence-corrected chi connectivity index (χ3v) is 0.526. The van der Waals surface area contributed by atoms with Crippen molar-refractivity contribution in [1.29, 1.82) is 0 Å². The third kappa shape index (κ3) is 2.14. The summed E-state index contributed by atoms with van der Waals surface area (Å²) in [5.41, 5.74) is 9.78. The molecule has 0 saturated carbocycles. The Bertz CT molecular complexity index is 28.0. The van der Waals surface area contributed by atoms with E-state index in [2.05, 4.69) is 0 Å². The Balaban J connectivity index is 2.75. The molecule has 0 bridgehead atoms. The molecule has 0 amide bonds. The standard InChI is InChI=1S/C3H9N2O/c4-1-3(6)2-5/h3H,1-2,4-5H2. The van der Waals surface area contributed by atoms with E-state index < -0.39 is 6.10 Å². The lowest BCUT2D eigenvalue weighted by Crippen LogP contribution is -2.26. The molecule has 4 N–H and O–H groups in total. The van der Waals surface area contributed by atoms with Crippen molar-refractivity contribution in [3.8, 4) is 0 Å². The molecular formula is C3H9N2O. The summed E-state index contributed by atoms with van der Waals surface area (Å²) in [6, 6.07) is 0. The lowest BCUT2D eigenvalue weighted by Gasteiger charge is -1.94. The van der Waals surface area contributed by atoms with Gasteiger partial charge in [-0.05, 0) is 0 Å². The summed E-state index contributed by atoms with van der Waals surface area (Å²) in [4.78, 5) is 0. The maximum atomic E-state index is 10.0. The van der Waals surface area contributed by atoms with Crippen molar-refractivity contribution >= 4 is 0 Å². The average Bonchev–Trinajstić information content (AvgIpc) is 1.65. The average molecular weight is 89.1 g/mol. The van der Waals surface area contributed by atoms with Crippen molar-refractivity contribution in [3.05, 3.63) is 0 Å². The van der Waals surface area contributed by atoms with Gasteiger partial charge in [-0.15, -0.1) is 0 Å². The minimum Gasteiger partial charge on any atom is -0.328 e. The van der Waals surface area contributed by atoms with Gasteiger partial charge in [-0.1, -0.05) is 0 Å². The van der Waals surface area contributed by atoms with Crippen LogP contribution in [0.2, 0.25) is 0 Å². The van der Waals surface area contributed by atoms with Crippen LogP contribution in [0, 0.1) is 0 Å². The van der Waals surface area contributed by atoms with E-state index in [0.717, 1.165) is 0 Å². The van der Waals surface area contributed by atoms with E-state index in [9.17, 15) is 5.11 Å². The Hall–Kier alpha value is -0.120. The molecule has 0 heterocycles. The molecule has 6 heavy (non-hydrogen) atoms. The minimum atomic E-state index is -0.759. The van der Waals surface area contributed by atoms with Crippen LogP contribution in [0.1, 0.15) is 0 Å². The number of hydrogen-bond acceptors (Lipinski definition) is 2. The Morgan fingerprint density at radius 1 is 1.33 bits per heavy atom. The van der Waals surface area contributed by atoms with Crippen LogP contribution in [-0.2, 0) is 5.11 Å². The van der Waals surface area contributed by atoms with Crippen LogP contribution in [-0.4, -0.2) is 19.2 Å². The molecule has 0 fully saturated rings. The zero-order valence-corrected chi connectivity index (χ0v) is 3.55. The van der Waals surface area contributed by atoms with Crippen molar-refractivity contribution in [2.24, 2.45) is 11.5 Å². The fraction of sp³-hybridized carbons (Fsp3) is 1.00. The van der Waals surface area contributed by atoms with Gasteiger partial charge in [-0.2, -0.15) is 0 Å². The number of hydrogen-bond donors (Lipinski definition) is 2. The van der Waals surface area contributed by atoms with Crippen molar-refractivity contribution in [2.75, 3.05) is 13.1 Å². The maximum absolute atomic E-state index is 10.0. The maximum Gasteiger partial charge on any atom is 0.117 e. The predicted octanol–water partition coefficient (Wildman–Crippen LogP) is -1.30. The highest BCUT2D eigenvalue weighted by molar-refractivity contribution is 4.51. The molecule has 0 unspecified atom stereocenters. The Kier molecular flexibility index (Phi) is 3.02. The van der Waals surface area contributed by atoms with Crippen molar-refractivity contribution < 1.29 is 5.11 Å². The topological polar surface area (TPSA) is 71.9 Å². The number of nitrogens with two attached hydrogens (primary N) is 2. The van der Waals surface area contributed by atoms with Crippen molar-refractivity contribution in [1.82, 2.24) is 0 Å². The highest BCUT2D eigenvalue weighted by Gasteiger charge is 1.94. The van der Waals surface area contributed by atoms with Gasteiger partial charge in [0.15, 0.2) is 0 Å². The van der Waals surface area contributed by atoms with Crippen molar-refractivity contribution in [2.45, 2.75) is 6.10 Å². The van der Waals surface area contributed by atoms with E-state index in [-0.39, 0.29) is 13.1 Å². The number of rotatable bonds is 2. The van der Waals surface area contributed by atoms with Gasteiger partial charge in [0.25, 0.3) is 0 Å². The molecular weight excluding hydrogens is 80.0 g/mol. The summed E-state index contributed by atoms with van der Waals surface area (Å²) in [7, 11) is 0. The molecule has 3 nitrogen and oxygen atoms in total. The van der Waals surface area contributed by atoms with Crippen LogP contribution in [0.3, 0.4) is 0 Å². The molecule has 0 aliphatic heterocycles. The van der Waals surface area contributed by atoms with Gasteiger partial charge in [0.05, 0.1) is 0 Å². The van der Waals surface area contributed by atoms with Gasteiger partial charge in [-0.25, -0.2) is 5.11 Å². The van der Waals surface area contributed by atoms with Gasteiger partial charge < -0.3 is 11.5 Å². The first-order valence-electron chi connectivity index (χ1n) is 1.87. The van der Waals surface area contributed by atoms with E-state index in [4.69, 9.17) is 11.5 Å². The molecule has 0 aromatic carbocycles. The molecule has 0 aromatic rings. The molecule has 0 rings (SSSR count). The fourth-order valence-electron chi connectivity index (χ4n) is 0.0962. The van der Waals surface area contributed by atoms with Gasteiger partial charge >= 0.3 is 0 Å². The summed E-state index contributed by atoms with van der Waals surface area (Å²) < 4.78 is 0. The van der Waals surface area contributed by atoms with Crippen LogP contribution in [0.15, 0.2) is 0 Å². The quantitative estimate of drug-likeness (QED) is 0.441. The molecule has 0 aliphatic carbocycles. The molecule has 0 spiro atoms. The second-order valence-corrected chi connectivity index (χ2v) is 1.09. The first kappa shape index (κ1) is 5.88. The van der Waals surface area contributed by atoms with E-state index in [1.54, 1.807) is 0 Å². The van der Waals surface area contributed by atoms with Gasteiger partial charge in [0.2, 0.25) is 0 Å².